The van der Waals surface area contributed by atoms with Gasteiger partial charge in [0.05, 0.1) is 0 Å². The lowest BCUT2D eigenvalue weighted by Crippen LogP contribution is -2.48. The summed E-state index contributed by atoms with van der Waals surface area (Å²) in [4.78, 5) is 20.8. The van der Waals surface area contributed by atoms with Gasteiger partial charge < -0.3 is 14.4 Å². The van der Waals surface area contributed by atoms with E-state index in [2.05, 4.69) is 22.0 Å². The molecule has 0 bridgehead atoms. The molecular formula is C19H21N3O3. The number of aromatic nitrogens is 1. The Hall–Kier alpha value is -2.60. The summed E-state index contributed by atoms with van der Waals surface area (Å²) in [6.07, 6.45) is 1.66. The summed E-state index contributed by atoms with van der Waals surface area (Å²) in [7, 11) is 0. The Labute approximate surface area is 147 Å². The van der Waals surface area contributed by atoms with Crippen molar-refractivity contribution in [3.8, 4) is 11.5 Å². The van der Waals surface area contributed by atoms with Crippen LogP contribution in [0.1, 0.15) is 16.1 Å². The molecule has 0 saturated carbocycles. The molecule has 0 aliphatic carbocycles. The van der Waals surface area contributed by atoms with Crippen LogP contribution in [0.3, 0.4) is 0 Å². The number of ether oxygens (including phenoxy) is 2. The third kappa shape index (κ3) is 3.58. The molecule has 1 saturated heterocycles. The van der Waals surface area contributed by atoms with E-state index in [1.54, 1.807) is 12.3 Å². The summed E-state index contributed by atoms with van der Waals surface area (Å²) in [5, 5.41) is 0. The predicted octanol–water partition coefficient (Wildman–Crippen LogP) is 1.81. The maximum atomic E-state index is 12.4. The molecule has 0 radical (unpaired) electrons. The fourth-order valence-corrected chi connectivity index (χ4v) is 3.20. The van der Waals surface area contributed by atoms with Crippen molar-refractivity contribution in [2.75, 3.05) is 39.4 Å². The van der Waals surface area contributed by atoms with Gasteiger partial charge in [0, 0.05) is 38.9 Å². The van der Waals surface area contributed by atoms with E-state index in [1.165, 1.54) is 5.56 Å². The standard InChI is InChI=1S/C19H21N3O3/c23-19(16-3-1-2-6-20-16)22-9-7-21(8-10-22)14-15-4-5-17-18(13-15)25-12-11-24-17/h1-6,13H,7-12,14H2. The van der Waals surface area contributed by atoms with E-state index in [4.69, 9.17) is 9.47 Å². The van der Waals surface area contributed by atoms with E-state index >= 15 is 0 Å². The Morgan fingerprint density at radius 2 is 1.80 bits per heavy atom. The highest BCUT2D eigenvalue weighted by molar-refractivity contribution is 5.92. The van der Waals surface area contributed by atoms with Gasteiger partial charge in [-0.3, -0.25) is 14.7 Å². The first kappa shape index (κ1) is 15.9. The second-order valence-electron chi connectivity index (χ2n) is 6.26. The summed E-state index contributed by atoms with van der Waals surface area (Å²) < 4.78 is 11.2. The van der Waals surface area contributed by atoms with Gasteiger partial charge in [0.15, 0.2) is 11.5 Å². The van der Waals surface area contributed by atoms with Crippen LogP contribution in [0, 0.1) is 0 Å². The lowest BCUT2D eigenvalue weighted by Gasteiger charge is -2.34. The second kappa shape index (κ2) is 7.11. The third-order valence-electron chi connectivity index (χ3n) is 4.56. The molecule has 1 fully saturated rings. The number of hydrogen-bond donors (Lipinski definition) is 0. The van der Waals surface area contributed by atoms with E-state index in [0.29, 0.717) is 18.9 Å². The van der Waals surface area contributed by atoms with Gasteiger partial charge in [-0.25, -0.2) is 0 Å². The minimum atomic E-state index is 0.0135. The highest BCUT2D eigenvalue weighted by Crippen LogP contribution is 2.31. The first-order valence-electron chi connectivity index (χ1n) is 8.61. The summed E-state index contributed by atoms with van der Waals surface area (Å²) in [5.41, 5.74) is 1.72. The molecule has 2 aromatic rings. The van der Waals surface area contributed by atoms with Crippen LogP contribution in [0.15, 0.2) is 42.6 Å². The van der Waals surface area contributed by atoms with E-state index in [1.807, 2.05) is 23.1 Å². The number of rotatable bonds is 3. The number of pyridine rings is 1. The average molecular weight is 339 g/mol. The van der Waals surface area contributed by atoms with Crippen LogP contribution in [0.4, 0.5) is 0 Å². The highest BCUT2D eigenvalue weighted by Gasteiger charge is 2.23. The van der Waals surface area contributed by atoms with Gasteiger partial charge in [-0.05, 0) is 29.8 Å². The molecule has 0 atom stereocenters. The van der Waals surface area contributed by atoms with Gasteiger partial charge in [-0.2, -0.15) is 0 Å². The number of carbonyl (C=O) groups excluding carboxylic acids is 1. The van der Waals surface area contributed by atoms with Crippen LogP contribution in [0.5, 0.6) is 11.5 Å². The van der Waals surface area contributed by atoms with Gasteiger partial charge in [0.1, 0.15) is 18.9 Å². The zero-order valence-corrected chi connectivity index (χ0v) is 14.1. The fourth-order valence-electron chi connectivity index (χ4n) is 3.20. The SMILES string of the molecule is O=C(c1ccccn1)N1CCN(Cc2ccc3c(c2)OCCO3)CC1. The maximum absolute atomic E-state index is 12.4. The molecule has 6 nitrogen and oxygen atoms in total. The van der Waals surface area contributed by atoms with Crippen molar-refractivity contribution >= 4 is 5.91 Å². The van der Waals surface area contributed by atoms with Crippen LogP contribution in [-0.4, -0.2) is 60.1 Å². The molecule has 2 aliphatic rings. The van der Waals surface area contributed by atoms with Crippen LogP contribution in [-0.2, 0) is 6.54 Å². The minimum Gasteiger partial charge on any atom is -0.486 e. The van der Waals surface area contributed by atoms with Gasteiger partial charge >= 0.3 is 0 Å². The van der Waals surface area contributed by atoms with E-state index in [-0.39, 0.29) is 5.91 Å². The van der Waals surface area contributed by atoms with Crippen LogP contribution < -0.4 is 9.47 Å². The largest absolute Gasteiger partial charge is 0.486 e. The first-order valence-corrected chi connectivity index (χ1v) is 8.61. The molecule has 4 rings (SSSR count). The fraction of sp³-hybridized carbons (Fsp3) is 0.368. The summed E-state index contributed by atoms with van der Waals surface area (Å²) in [5.74, 6) is 1.66. The topological polar surface area (TPSA) is 54.9 Å². The Bertz CT molecular complexity index is 743. The number of benzene rings is 1. The molecule has 130 valence electrons. The smallest absolute Gasteiger partial charge is 0.272 e. The minimum absolute atomic E-state index is 0.0135. The number of fused-ring (bicyclic) bond motifs is 1. The van der Waals surface area contributed by atoms with E-state index in [0.717, 1.165) is 44.2 Å². The van der Waals surface area contributed by atoms with E-state index < -0.39 is 0 Å². The number of amides is 1. The third-order valence-corrected chi connectivity index (χ3v) is 4.56. The molecular weight excluding hydrogens is 318 g/mol. The van der Waals surface area contributed by atoms with Crippen molar-refractivity contribution in [1.29, 1.82) is 0 Å². The van der Waals surface area contributed by atoms with Gasteiger partial charge in [0.2, 0.25) is 0 Å². The summed E-state index contributed by atoms with van der Waals surface area (Å²) in [6, 6.07) is 11.5. The molecule has 0 N–H and O–H groups in total. The molecule has 1 aromatic heterocycles. The Morgan fingerprint density at radius 3 is 2.56 bits per heavy atom. The quantitative estimate of drug-likeness (QED) is 0.854. The molecule has 1 aromatic carbocycles. The average Bonchev–Trinajstić information content (AvgIpc) is 2.69. The lowest BCUT2D eigenvalue weighted by molar-refractivity contribution is 0.0622. The van der Waals surface area contributed by atoms with Gasteiger partial charge in [-0.15, -0.1) is 0 Å². The zero-order chi connectivity index (χ0) is 17.1. The monoisotopic (exact) mass is 339 g/mol. The zero-order valence-electron chi connectivity index (χ0n) is 14.1. The van der Waals surface area contributed by atoms with Crippen LogP contribution in [0.25, 0.3) is 0 Å². The molecule has 6 heteroatoms. The second-order valence-corrected chi connectivity index (χ2v) is 6.26. The van der Waals surface area contributed by atoms with E-state index in [9.17, 15) is 4.79 Å². The Balaban J connectivity index is 1.34. The molecule has 0 spiro atoms. The van der Waals surface area contributed by atoms with Crippen LogP contribution >= 0.6 is 0 Å². The Morgan fingerprint density at radius 1 is 1.00 bits per heavy atom. The normalized spacial score (nSPS) is 17.4. The Kier molecular flexibility index (Phi) is 4.52. The van der Waals surface area contributed by atoms with Crippen molar-refractivity contribution in [2.45, 2.75) is 6.54 Å². The van der Waals surface area contributed by atoms with Crippen molar-refractivity contribution in [3.05, 3.63) is 53.9 Å². The van der Waals surface area contributed by atoms with Gasteiger partial charge in [-0.1, -0.05) is 12.1 Å². The van der Waals surface area contributed by atoms with Crippen molar-refractivity contribution < 1.29 is 14.3 Å². The molecule has 1 amide bonds. The number of hydrogen-bond acceptors (Lipinski definition) is 5. The molecule has 2 aliphatic heterocycles. The predicted molar refractivity (Wildman–Crippen MR) is 92.8 cm³/mol. The molecule has 25 heavy (non-hydrogen) atoms. The van der Waals surface area contributed by atoms with Crippen LogP contribution in [0.2, 0.25) is 0 Å². The lowest BCUT2D eigenvalue weighted by atomic mass is 10.1. The molecule has 3 heterocycles. The van der Waals surface area contributed by atoms with Crippen molar-refractivity contribution in [2.24, 2.45) is 0 Å². The number of piperazine rings is 1. The van der Waals surface area contributed by atoms with Crippen molar-refractivity contribution in [3.63, 3.8) is 0 Å². The summed E-state index contributed by atoms with van der Waals surface area (Å²) in [6.45, 7) is 5.21. The highest BCUT2D eigenvalue weighted by atomic mass is 16.6. The van der Waals surface area contributed by atoms with Gasteiger partial charge in [0.25, 0.3) is 5.91 Å². The number of carbonyl (C=O) groups is 1. The van der Waals surface area contributed by atoms with Crippen molar-refractivity contribution in [1.82, 2.24) is 14.8 Å². The maximum Gasteiger partial charge on any atom is 0.272 e. The number of nitrogens with zero attached hydrogens (tertiary/aromatic N) is 3. The first-order chi connectivity index (χ1) is 12.3. The molecule has 0 unspecified atom stereocenters. The summed E-state index contributed by atoms with van der Waals surface area (Å²) >= 11 is 0.